The Morgan fingerprint density at radius 1 is 1.00 bits per heavy atom. The number of anilines is 1. The maximum absolute atomic E-state index is 6.05. The molecule has 188 valence electrons. The normalized spacial score (nSPS) is 13.9. The van der Waals surface area contributed by atoms with Crippen molar-refractivity contribution in [2.24, 2.45) is 7.05 Å². The third-order valence-electron chi connectivity index (χ3n) is 5.76. The summed E-state index contributed by atoms with van der Waals surface area (Å²) >= 11 is 0. The van der Waals surface area contributed by atoms with E-state index in [1.54, 1.807) is 18.9 Å². The largest absolute Gasteiger partial charge is 0.493 e. The van der Waals surface area contributed by atoms with E-state index in [2.05, 4.69) is 32.8 Å². The molecule has 4 aromatic rings. The predicted molar refractivity (Wildman–Crippen MR) is 142 cm³/mol. The van der Waals surface area contributed by atoms with Gasteiger partial charge in [-0.05, 0) is 36.7 Å². The molecule has 1 atom stereocenters. The smallest absolute Gasteiger partial charge is 0.237 e. The fourth-order valence-electron chi connectivity index (χ4n) is 3.85. The van der Waals surface area contributed by atoms with Crippen molar-refractivity contribution in [3.8, 4) is 28.5 Å². The number of rotatable bonds is 8. The lowest BCUT2D eigenvalue weighted by atomic mass is 10.1. The topological polar surface area (TPSA) is 82.5 Å². The molecule has 0 saturated heterocycles. The number of fused-ring (bicyclic) bond motifs is 1. The Balaban J connectivity index is 0.000000445. The lowest BCUT2D eigenvalue weighted by molar-refractivity contribution is 0.194. The van der Waals surface area contributed by atoms with Crippen LogP contribution in [0.1, 0.15) is 5.56 Å². The second-order valence-electron chi connectivity index (χ2n) is 8.40. The van der Waals surface area contributed by atoms with Gasteiger partial charge in [-0.15, -0.1) is 0 Å². The van der Waals surface area contributed by atoms with Gasteiger partial charge in [0.25, 0.3) is 0 Å². The van der Waals surface area contributed by atoms with Gasteiger partial charge in [-0.3, -0.25) is 4.68 Å². The average molecular weight is 488 g/mol. The lowest BCUT2D eigenvalue weighted by Crippen LogP contribution is -2.40. The van der Waals surface area contributed by atoms with Crippen molar-refractivity contribution in [3.63, 3.8) is 0 Å². The van der Waals surface area contributed by atoms with E-state index in [0.29, 0.717) is 5.88 Å². The number of nitrogens with zero attached hydrogens (tertiary/aromatic N) is 3. The van der Waals surface area contributed by atoms with Gasteiger partial charge in [0.1, 0.15) is 6.10 Å². The molecule has 36 heavy (non-hydrogen) atoms. The predicted octanol–water partition coefficient (Wildman–Crippen LogP) is 4.19. The second-order valence-corrected chi connectivity index (χ2v) is 8.40. The number of benzene rings is 2. The van der Waals surface area contributed by atoms with Crippen LogP contribution >= 0.6 is 0 Å². The molecule has 8 nitrogen and oxygen atoms in total. The number of hydrogen-bond donors (Lipinski definition) is 2. The van der Waals surface area contributed by atoms with Crippen LogP contribution in [0.3, 0.4) is 0 Å². The molecule has 2 N–H and O–H groups in total. The Bertz CT molecular complexity index is 1200. The van der Waals surface area contributed by atoms with E-state index in [1.165, 1.54) is 5.56 Å². The van der Waals surface area contributed by atoms with Gasteiger partial charge >= 0.3 is 0 Å². The number of aromatic nitrogens is 3. The summed E-state index contributed by atoms with van der Waals surface area (Å²) in [5.41, 5.74) is 4.16. The number of nitrogens with one attached hydrogen (secondary N) is 2. The highest BCUT2D eigenvalue weighted by Gasteiger charge is 2.21. The monoisotopic (exact) mass is 487 g/mol. The molecule has 8 heteroatoms. The van der Waals surface area contributed by atoms with E-state index in [4.69, 9.17) is 14.2 Å². The van der Waals surface area contributed by atoms with Crippen molar-refractivity contribution in [3.05, 3.63) is 84.8 Å². The van der Waals surface area contributed by atoms with Gasteiger partial charge in [-0.25, -0.2) is 4.98 Å². The summed E-state index contributed by atoms with van der Waals surface area (Å²) in [6, 6.07) is 20.1. The molecule has 0 amide bonds. The van der Waals surface area contributed by atoms with Gasteiger partial charge in [-0.1, -0.05) is 42.5 Å². The molecule has 1 unspecified atom stereocenters. The highest BCUT2D eigenvalue weighted by molar-refractivity contribution is 5.69. The number of methoxy groups -OCH3 is 2. The fraction of sp³-hybridized carbons (Fsp3) is 0.286. The van der Waals surface area contributed by atoms with Gasteiger partial charge in [0.05, 0.1) is 32.6 Å². The Morgan fingerprint density at radius 2 is 1.75 bits per heavy atom. The molecule has 1 aliphatic rings. The van der Waals surface area contributed by atoms with Gasteiger partial charge in [0.2, 0.25) is 5.88 Å². The lowest BCUT2D eigenvalue weighted by Gasteiger charge is -2.27. The highest BCUT2D eigenvalue weighted by Crippen LogP contribution is 2.31. The molecule has 0 aliphatic carbocycles. The van der Waals surface area contributed by atoms with Crippen LogP contribution in [0.15, 0.2) is 79.3 Å². The molecule has 0 spiro atoms. The zero-order valence-corrected chi connectivity index (χ0v) is 21.0. The molecule has 0 saturated carbocycles. The summed E-state index contributed by atoms with van der Waals surface area (Å²) in [7, 11) is 5.20. The summed E-state index contributed by atoms with van der Waals surface area (Å²) in [6.07, 6.45) is 6.55. The Hall–Kier alpha value is -4.04. The van der Waals surface area contributed by atoms with Crippen LogP contribution in [0.4, 0.5) is 5.69 Å². The minimum absolute atomic E-state index is 0.0274. The van der Waals surface area contributed by atoms with Crippen molar-refractivity contribution in [1.29, 1.82) is 0 Å². The fourth-order valence-corrected chi connectivity index (χ4v) is 3.85. The summed E-state index contributed by atoms with van der Waals surface area (Å²) in [5.74, 6) is 2.14. The molecule has 2 aromatic heterocycles. The van der Waals surface area contributed by atoms with E-state index < -0.39 is 0 Å². The zero-order chi connectivity index (χ0) is 25.2. The van der Waals surface area contributed by atoms with Crippen molar-refractivity contribution < 1.29 is 14.2 Å². The van der Waals surface area contributed by atoms with Crippen LogP contribution in [-0.2, 0) is 13.5 Å². The van der Waals surface area contributed by atoms with Crippen LogP contribution < -0.4 is 24.8 Å². The number of ether oxygens (including phenoxy) is 3. The van der Waals surface area contributed by atoms with E-state index in [9.17, 15) is 0 Å². The van der Waals surface area contributed by atoms with Gasteiger partial charge in [0.15, 0.2) is 11.5 Å². The molecule has 0 bridgehead atoms. The maximum atomic E-state index is 6.05. The average Bonchev–Trinajstić information content (AvgIpc) is 3.38. The highest BCUT2D eigenvalue weighted by atomic mass is 16.5. The van der Waals surface area contributed by atoms with Crippen molar-refractivity contribution in [2.45, 2.75) is 12.5 Å². The third-order valence-corrected chi connectivity index (χ3v) is 5.76. The van der Waals surface area contributed by atoms with Crippen LogP contribution in [0.2, 0.25) is 0 Å². The molecular formula is C28H33N5O3. The first-order valence-electron chi connectivity index (χ1n) is 12.0. The van der Waals surface area contributed by atoms with Crippen LogP contribution in [0.25, 0.3) is 11.1 Å². The number of pyridine rings is 1. The van der Waals surface area contributed by atoms with Crippen LogP contribution in [0.5, 0.6) is 17.4 Å². The molecule has 3 heterocycles. The number of hydrogen-bond acceptors (Lipinski definition) is 7. The first-order valence-corrected chi connectivity index (χ1v) is 12.0. The van der Waals surface area contributed by atoms with E-state index in [1.807, 2.05) is 74.2 Å². The standard InChI is InChI=1S/C22H27N5O3.C6H6/c1-27-14-17(11-26-27)16-9-19-22(25-10-16)30-18(13-24-19)12-23-7-6-15-4-5-20(28-2)21(8-15)29-3;1-2-4-6-5-3-1/h4-5,8-11,14,18,23-24H,6-7,12-13H2,1-3H3;1-6H. The Labute approximate surface area is 212 Å². The Morgan fingerprint density at radius 3 is 2.42 bits per heavy atom. The summed E-state index contributed by atoms with van der Waals surface area (Å²) < 4.78 is 18.5. The van der Waals surface area contributed by atoms with Crippen molar-refractivity contribution >= 4 is 5.69 Å². The first-order chi connectivity index (χ1) is 17.7. The SMILES string of the molecule is COc1ccc(CCNCC2CNc3cc(-c4cnn(C)c4)cnc3O2)cc1OC.c1ccccc1. The quantitative estimate of drug-likeness (QED) is 0.361. The van der Waals surface area contributed by atoms with Crippen LogP contribution in [-0.4, -0.2) is 54.7 Å². The summed E-state index contributed by atoms with van der Waals surface area (Å²) in [6.45, 7) is 2.32. The summed E-state index contributed by atoms with van der Waals surface area (Å²) in [5, 5.41) is 11.1. The molecule has 0 fully saturated rings. The molecular weight excluding hydrogens is 454 g/mol. The minimum atomic E-state index is 0.0274. The van der Waals surface area contributed by atoms with Crippen molar-refractivity contribution in [1.82, 2.24) is 20.1 Å². The third kappa shape index (κ3) is 6.76. The Kier molecular flexibility index (Phi) is 8.77. The van der Waals surface area contributed by atoms with Crippen LogP contribution in [0, 0.1) is 0 Å². The van der Waals surface area contributed by atoms with Crippen molar-refractivity contribution in [2.75, 3.05) is 39.2 Å². The second kappa shape index (κ2) is 12.6. The molecule has 1 aliphatic heterocycles. The zero-order valence-electron chi connectivity index (χ0n) is 21.0. The maximum Gasteiger partial charge on any atom is 0.237 e. The molecule has 2 aromatic carbocycles. The van der Waals surface area contributed by atoms with Gasteiger partial charge in [0, 0.05) is 37.1 Å². The van der Waals surface area contributed by atoms with E-state index in [0.717, 1.165) is 54.4 Å². The van der Waals surface area contributed by atoms with Gasteiger partial charge in [-0.2, -0.15) is 5.10 Å². The summed E-state index contributed by atoms with van der Waals surface area (Å²) in [4.78, 5) is 4.49. The van der Waals surface area contributed by atoms with Gasteiger partial charge < -0.3 is 24.8 Å². The number of aryl methyl sites for hydroxylation is 1. The van der Waals surface area contributed by atoms with E-state index >= 15 is 0 Å². The molecule has 5 rings (SSSR count). The first kappa shape index (κ1) is 25.1. The minimum Gasteiger partial charge on any atom is -0.493 e. The molecule has 0 radical (unpaired) electrons. The van der Waals surface area contributed by atoms with E-state index in [-0.39, 0.29) is 6.10 Å².